The van der Waals surface area contributed by atoms with E-state index < -0.39 is 0 Å². The Morgan fingerprint density at radius 2 is 1.93 bits per heavy atom. The fourth-order valence-corrected chi connectivity index (χ4v) is 1.91. The SMILES string of the molecule is O=C1CCCC[C@H](c2ccc(Cl)cc2)O1. The number of hydrogen-bond acceptors (Lipinski definition) is 2. The molecule has 15 heavy (non-hydrogen) atoms. The molecular formula is C12H13ClO2. The molecule has 1 saturated heterocycles. The maximum atomic E-state index is 11.3. The number of hydrogen-bond donors (Lipinski definition) is 0. The van der Waals surface area contributed by atoms with E-state index in [0.717, 1.165) is 24.8 Å². The first-order chi connectivity index (χ1) is 7.25. The van der Waals surface area contributed by atoms with Crippen LogP contribution in [0, 0.1) is 0 Å². The van der Waals surface area contributed by atoms with Gasteiger partial charge in [-0.2, -0.15) is 0 Å². The van der Waals surface area contributed by atoms with Gasteiger partial charge in [-0.05, 0) is 37.0 Å². The van der Waals surface area contributed by atoms with Crippen molar-refractivity contribution in [2.75, 3.05) is 0 Å². The van der Waals surface area contributed by atoms with Crippen LogP contribution in [0.2, 0.25) is 5.02 Å². The molecule has 2 nitrogen and oxygen atoms in total. The molecule has 1 aromatic rings. The number of carbonyl (C=O) groups excluding carboxylic acids is 1. The van der Waals surface area contributed by atoms with Crippen LogP contribution in [-0.2, 0) is 9.53 Å². The predicted molar refractivity (Wildman–Crippen MR) is 58.8 cm³/mol. The number of ether oxygens (including phenoxy) is 1. The highest BCUT2D eigenvalue weighted by Gasteiger charge is 2.19. The number of benzene rings is 1. The Morgan fingerprint density at radius 3 is 2.67 bits per heavy atom. The summed E-state index contributed by atoms with van der Waals surface area (Å²) in [5.41, 5.74) is 1.04. The van der Waals surface area contributed by atoms with Crippen molar-refractivity contribution >= 4 is 17.6 Å². The lowest BCUT2D eigenvalue weighted by Gasteiger charge is -2.15. The number of esters is 1. The second-order valence-electron chi connectivity index (χ2n) is 3.78. The quantitative estimate of drug-likeness (QED) is 0.683. The summed E-state index contributed by atoms with van der Waals surface area (Å²) in [4.78, 5) is 11.3. The normalized spacial score (nSPS) is 21.9. The van der Waals surface area contributed by atoms with E-state index in [0.29, 0.717) is 11.4 Å². The maximum absolute atomic E-state index is 11.3. The van der Waals surface area contributed by atoms with E-state index in [1.54, 1.807) is 0 Å². The van der Waals surface area contributed by atoms with Crippen molar-refractivity contribution in [1.29, 1.82) is 0 Å². The highest BCUT2D eigenvalue weighted by atomic mass is 35.5. The largest absolute Gasteiger partial charge is 0.457 e. The Labute approximate surface area is 94.2 Å². The fraction of sp³-hybridized carbons (Fsp3) is 0.417. The summed E-state index contributed by atoms with van der Waals surface area (Å²) in [5, 5.41) is 0.707. The highest BCUT2D eigenvalue weighted by Crippen LogP contribution is 2.28. The summed E-state index contributed by atoms with van der Waals surface area (Å²) in [6, 6.07) is 7.50. The Bertz CT molecular complexity index is 345. The van der Waals surface area contributed by atoms with Crippen molar-refractivity contribution in [3.8, 4) is 0 Å². The standard InChI is InChI=1S/C12H13ClO2/c13-10-7-5-9(6-8-10)11-3-1-2-4-12(14)15-11/h5-8,11H,1-4H2/t11-/m1/s1. The zero-order valence-corrected chi connectivity index (χ0v) is 9.17. The molecule has 0 aromatic heterocycles. The smallest absolute Gasteiger partial charge is 0.306 e. The zero-order valence-electron chi connectivity index (χ0n) is 8.41. The molecule has 0 spiro atoms. The lowest BCUT2D eigenvalue weighted by molar-refractivity contribution is -0.148. The molecule has 0 aliphatic carbocycles. The number of carbonyl (C=O) groups is 1. The molecule has 1 heterocycles. The summed E-state index contributed by atoms with van der Waals surface area (Å²) >= 11 is 5.80. The summed E-state index contributed by atoms with van der Waals surface area (Å²) in [5.74, 6) is -0.0903. The first-order valence-electron chi connectivity index (χ1n) is 5.20. The number of cyclic esters (lactones) is 1. The van der Waals surface area contributed by atoms with Gasteiger partial charge in [0.1, 0.15) is 6.10 Å². The van der Waals surface area contributed by atoms with Crippen molar-refractivity contribution in [2.24, 2.45) is 0 Å². The van der Waals surface area contributed by atoms with Crippen LogP contribution >= 0.6 is 11.6 Å². The van der Waals surface area contributed by atoms with Crippen LogP contribution in [0.5, 0.6) is 0 Å². The van der Waals surface area contributed by atoms with Gasteiger partial charge in [0.25, 0.3) is 0 Å². The molecule has 1 aromatic carbocycles. The van der Waals surface area contributed by atoms with Gasteiger partial charge in [-0.15, -0.1) is 0 Å². The second kappa shape index (κ2) is 4.67. The Morgan fingerprint density at radius 1 is 1.20 bits per heavy atom. The summed E-state index contributed by atoms with van der Waals surface area (Å²) in [6.45, 7) is 0. The van der Waals surface area contributed by atoms with Gasteiger partial charge in [-0.1, -0.05) is 23.7 Å². The van der Waals surface area contributed by atoms with Crippen molar-refractivity contribution in [3.63, 3.8) is 0 Å². The second-order valence-corrected chi connectivity index (χ2v) is 4.21. The van der Waals surface area contributed by atoms with Gasteiger partial charge < -0.3 is 4.74 Å². The molecular weight excluding hydrogens is 212 g/mol. The molecule has 0 unspecified atom stereocenters. The van der Waals surface area contributed by atoms with Crippen molar-refractivity contribution < 1.29 is 9.53 Å². The van der Waals surface area contributed by atoms with Crippen molar-refractivity contribution in [1.82, 2.24) is 0 Å². The lowest BCUT2D eigenvalue weighted by atomic mass is 10.0. The lowest BCUT2D eigenvalue weighted by Crippen LogP contribution is -2.07. The van der Waals surface area contributed by atoms with Crippen LogP contribution in [0.3, 0.4) is 0 Å². The molecule has 1 aliphatic heterocycles. The first kappa shape index (κ1) is 10.5. The molecule has 3 heteroatoms. The van der Waals surface area contributed by atoms with Crippen molar-refractivity contribution in [3.05, 3.63) is 34.9 Å². The average Bonchev–Trinajstić information content (AvgIpc) is 2.44. The topological polar surface area (TPSA) is 26.3 Å². The minimum absolute atomic E-state index is 0.0859. The van der Waals surface area contributed by atoms with Gasteiger partial charge in [-0.25, -0.2) is 0 Å². The van der Waals surface area contributed by atoms with Crippen molar-refractivity contribution in [2.45, 2.75) is 31.8 Å². The van der Waals surface area contributed by atoms with Crippen LogP contribution < -0.4 is 0 Å². The average molecular weight is 225 g/mol. The molecule has 0 bridgehead atoms. The van der Waals surface area contributed by atoms with Gasteiger partial charge in [0, 0.05) is 11.4 Å². The summed E-state index contributed by atoms with van der Waals surface area (Å²) in [7, 11) is 0. The summed E-state index contributed by atoms with van der Waals surface area (Å²) < 4.78 is 5.36. The highest BCUT2D eigenvalue weighted by molar-refractivity contribution is 6.30. The van der Waals surface area contributed by atoms with Crippen LogP contribution in [0.25, 0.3) is 0 Å². The Balaban J connectivity index is 2.14. The van der Waals surface area contributed by atoms with E-state index >= 15 is 0 Å². The Hall–Kier alpha value is -1.02. The molecule has 2 rings (SSSR count). The zero-order chi connectivity index (χ0) is 10.7. The third kappa shape index (κ3) is 2.72. The molecule has 1 aliphatic rings. The van der Waals surface area contributed by atoms with E-state index in [1.165, 1.54) is 0 Å². The minimum Gasteiger partial charge on any atom is -0.457 e. The summed E-state index contributed by atoms with van der Waals surface area (Å²) in [6.07, 6.45) is 3.34. The third-order valence-corrected chi connectivity index (χ3v) is 2.86. The van der Waals surface area contributed by atoms with E-state index in [4.69, 9.17) is 16.3 Å². The van der Waals surface area contributed by atoms with E-state index in [9.17, 15) is 4.79 Å². The molecule has 80 valence electrons. The van der Waals surface area contributed by atoms with Gasteiger partial charge >= 0.3 is 5.97 Å². The Kier molecular flexibility index (Phi) is 3.27. The van der Waals surface area contributed by atoms with Gasteiger partial charge in [0.05, 0.1) is 0 Å². The maximum Gasteiger partial charge on any atom is 0.306 e. The van der Waals surface area contributed by atoms with Gasteiger partial charge in [0.15, 0.2) is 0 Å². The van der Waals surface area contributed by atoms with Crippen LogP contribution in [-0.4, -0.2) is 5.97 Å². The molecule has 0 N–H and O–H groups in total. The minimum atomic E-state index is -0.0903. The monoisotopic (exact) mass is 224 g/mol. The number of halogens is 1. The van der Waals surface area contributed by atoms with Crippen LogP contribution in [0.15, 0.2) is 24.3 Å². The molecule has 0 radical (unpaired) electrons. The predicted octanol–water partition coefficient (Wildman–Crippen LogP) is 3.50. The molecule has 1 fully saturated rings. The van der Waals surface area contributed by atoms with E-state index in [-0.39, 0.29) is 12.1 Å². The first-order valence-corrected chi connectivity index (χ1v) is 5.58. The molecule has 0 saturated carbocycles. The third-order valence-electron chi connectivity index (χ3n) is 2.61. The van der Waals surface area contributed by atoms with E-state index in [2.05, 4.69) is 0 Å². The fourth-order valence-electron chi connectivity index (χ4n) is 1.79. The number of rotatable bonds is 1. The van der Waals surface area contributed by atoms with Gasteiger partial charge in [-0.3, -0.25) is 4.79 Å². The molecule has 0 amide bonds. The molecule has 1 atom stereocenters. The van der Waals surface area contributed by atoms with Gasteiger partial charge in [0.2, 0.25) is 0 Å². The van der Waals surface area contributed by atoms with E-state index in [1.807, 2.05) is 24.3 Å². The van der Waals surface area contributed by atoms with Crippen LogP contribution in [0.4, 0.5) is 0 Å². The van der Waals surface area contributed by atoms with Crippen LogP contribution in [0.1, 0.15) is 37.4 Å².